The van der Waals surface area contributed by atoms with Crippen LogP contribution in [0.1, 0.15) is 59.8 Å². The summed E-state index contributed by atoms with van der Waals surface area (Å²) < 4.78 is 12.2. The summed E-state index contributed by atoms with van der Waals surface area (Å²) in [6, 6.07) is 0.260. The van der Waals surface area contributed by atoms with E-state index in [4.69, 9.17) is 9.47 Å². The Bertz CT molecular complexity index is 945. The van der Waals surface area contributed by atoms with Gasteiger partial charge in [-0.3, -0.25) is 19.3 Å². The third-order valence-corrected chi connectivity index (χ3v) is 10.9. The fourth-order valence-corrected chi connectivity index (χ4v) is 10.4. The van der Waals surface area contributed by atoms with Crippen LogP contribution in [0.5, 0.6) is 0 Å². The molecule has 174 valence electrons. The molecule has 0 N–H and O–H groups in total. The molecule has 1 saturated heterocycles. The lowest BCUT2D eigenvalue weighted by Crippen LogP contribution is -2.69. The number of hydrogen-bond acceptors (Lipinski definition) is 6. The van der Waals surface area contributed by atoms with Crippen molar-refractivity contribution in [2.75, 3.05) is 13.1 Å². The molecular formula is C26H35NO5. The average Bonchev–Trinajstić information content (AvgIpc) is 3.24. The molecule has 6 nitrogen and oxygen atoms in total. The highest BCUT2D eigenvalue weighted by Gasteiger charge is 2.86. The number of carbonyl (C=O) groups excluding carboxylic acids is 3. The first-order chi connectivity index (χ1) is 15.1. The third kappa shape index (κ3) is 2.10. The van der Waals surface area contributed by atoms with Gasteiger partial charge in [-0.15, -0.1) is 0 Å². The molecule has 6 heteroatoms. The molecule has 6 rings (SSSR count). The van der Waals surface area contributed by atoms with E-state index in [1.54, 1.807) is 0 Å². The van der Waals surface area contributed by atoms with E-state index in [1.165, 1.54) is 13.8 Å². The van der Waals surface area contributed by atoms with E-state index in [0.29, 0.717) is 18.3 Å². The van der Waals surface area contributed by atoms with Crippen LogP contribution in [0.25, 0.3) is 0 Å². The monoisotopic (exact) mass is 441 g/mol. The summed E-state index contributed by atoms with van der Waals surface area (Å²) in [6.07, 6.45) is 3.62. The quantitative estimate of drug-likeness (QED) is 0.495. The van der Waals surface area contributed by atoms with E-state index in [9.17, 15) is 14.4 Å². The number of likely N-dealkylation sites (tertiary alicyclic amines) is 1. The lowest BCUT2D eigenvalue weighted by Gasteiger charge is -2.65. The van der Waals surface area contributed by atoms with Crippen molar-refractivity contribution in [2.45, 2.75) is 78.0 Å². The van der Waals surface area contributed by atoms with Crippen LogP contribution in [0, 0.1) is 39.9 Å². The number of esters is 2. The summed E-state index contributed by atoms with van der Waals surface area (Å²) in [5.41, 5.74) is 0.446. The molecule has 0 amide bonds. The number of rotatable bonds is 3. The molecule has 6 fully saturated rings. The summed E-state index contributed by atoms with van der Waals surface area (Å²) in [5.74, 6) is 0.322. The van der Waals surface area contributed by atoms with Crippen molar-refractivity contribution >= 4 is 17.7 Å². The van der Waals surface area contributed by atoms with Crippen LogP contribution in [-0.4, -0.2) is 54.0 Å². The zero-order valence-corrected chi connectivity index (χ0v) is 19.7. The maximum atomic E-state index is 13.4. The fourth-order valence-electron chi connectivity index (χ4n) is 10.4. The molecule has 10 atom stereocenters. The molecule has 1 aliphatic heterocycles. The second kappa shape index (κ2) is 6.25. The molecule has 2 spiro atoms. The number of fused-ring (bicyclic) bond motifs is 1. The molecule has 32 heavy (non-hydrogen) atoms. The van der Waals surface area contributed by atoms with Gasteiger partial charge in [0.2, 0.25) is 0 Å². The fraction of sp³-hybridized carbons (Fsp3) is 0.808. The summed E-state index contributed by atoms with van der Waals surface area (Å²) >= 11 is 0. The number of Topliss-reactive ketones (excluding diaryl/α,β-unsaturated/α-hetero) is 1. The van der Waals surface area contributed by atoms with E-state index < -0.39 is 6.10 Å². The summed E-state index contributed by atoms with van der Waals surface area (Å²) in [4.78, 5) is 40.5. The van der Waals surface area contributed by atoms with Crippen LogP contribution in [0.3, 0.4) is 0 Å². The van der Waals surface area contributed by atoms with Gasteiger partial charge < -0.3 is 9.47 Å². The van der Waals surface area contributed by atoms with Crippen LogP contribution in [0.4, 0.5) is 0 Å². The van der Waals surface area contributed by atoms with Crippen molar-refractivity contribution in [2.24, 2.45) is 39.9 Å². The van der Waals surface area contributed by atoms with E-state index in [-0.39, 0.29) is 57.9 Å². The standard InChI is InChI=1S/C26H35NO5/c1-6-27-12-24(5)8-7-21(31-14(3)28)26-19(24)9-17(22(26)27)25-11-16(18(30)10-20(25)26)13(2)23(25)32-15(4)29/h16-17,19-23H,2,6-12H2,1,3-5H3/t16-,17+,19+,20+,21+,22+,23-,24+,25-,26+/m1/s1. The maximum Gasteiger partial charge on any atom is 0.303 e. The molecule has 7 bridgehead atoms. The van der Waals surface area contributed by atoms with Crippen molar-refractivity contribution < 1.29 is 23.9 Å². The lowest BCUT2D eigenvalue weighted by molar-refractivity contribution is -0.224. The molecular weight excluding hydrogens is 406 g/mol. The van der Waals surface area contributed by atoms with Gasteiger partial charge in [-0.25, -0.2) is 0 Å². The van der Waals surface area contributed by atoms with Crippen LogP contribution >= 0.6 is 0 Å². The average molecular weight is 442 g/mol. The lowest BCUT2D eigenvalue weighted by atomic mass is 9.43. The van der Waals surface area contributed by atoms with Gasteiger partial charge in [0.1, 0.15) is 18.0 Å². The highest BCUT2D eigenvalue weighted by molar-refractivity contribution is 5.87. The predicted octanol–water partition coefficient (Wildman–Crippen LogP) is 3.14. The zero-order chi connectivity index (χ0) is 22.8. The first kappa shape index (κ1) is 20.9. The zero-order valence-electron chi connectivity index (χ0n) is 19.7. The first-order valence-electron chi connectivity index (χ1n) is 12.4. The van der Waals surface area contributed by atoms with Gasteiger partial charge in [-0.2, -0.15) is 0 Å². The van der Waals surface area contributed by atoms with Crippen LogP contribution in [0.2, 0.25) is 0 Å². The smallest absolute Gasteiger partial charge is 0.303 e. The number of carbonyl (C=O) groups is 3. The first-order valence-corrected chi connectivity index (χ1v) is 12.4. The summed E-state index contributed by atoms with van der Waals surface area (Å²) in [6.45, 7) is 13.9. The molecule has 0 aromatic carbocycles. The van der Waals surface area contributed by atoms with Gasteiger partial charge in [0.25, 0.3) is 0 Å². The highest BCUT2D eigenvalue weighted by Crippen LogP contribution is 2.83. The van der Waals surface area contributed by atoms with Crippen LogP contribution < -0.4 is 0 Å². The van der Waals surface area contributed by atoms with Crippen molar-refractivity contribution in [1.29, 1.82) is 0 Å². The minimum atomic E-state index is -0.405. The number of nitrogens with zero attached hydrogens (tertiary/aromatic N) is 1. The van der Waals surface area contributed by atoms with E-state index in [1.807, 2.05) is 0 Å². The molecule has 0 aromatic rings. The molecule has 5 aliphatic carbocycles. The molecule has 0 unspecified atom stereocenters. The molecule has 0 radical (unpaired) electrons. The van der Waals surface area contributed by atoms with E-state index in [2.05, 4.69) is 25.3 Å². The molecule has 6 aliphatic rings. The second-order valence-corrected chi connectivity index (χ2v) is 11.8. The van der Waals surface area contributed by atoms with Gasteiger partial charge in [-0.05, 0) is 61.0 Å². The Kier molecular flexibility index (Phi) is 4.08. The normalized spacial score (nSPS) is 52.7. The number of piperidine rings is 1. The molecule has 5 saturated carbocycles. The summed E-state index contributed by atoms with van der Waals surface area (Å²) in [7, 11) is 0. The second-order valence-electron chi connectivity index (χ2n) is 11.8. The van der Waals surface area contributed by atoms with Crippen molar-refractivity contribution in [1.82, 2.24) is 4.90 Å². The van der Waals surface area contributed by atoms with Crippen molar-refractivity contribution in [3.8, 4) is 0 Å². The number of ketones is 1. The van der Waals surface area contributed by atoms with Crippen molar-refractivity contribution in [3.63, 3.8) is 0 Å². The van der Waals surface area contributed by atoms with Gasteiger partial charge in [0, 0.05) is 49.6 Å². The van der Waals surface area contributed by atoms with E-state index >= 15 is 0 Å². The topological polar surface area (TPSA) is 72.9 Å². The Morgan fingerprint density at radius 2 is 1.91 bits per heavy atom. The predicted molar refractivity (Wildman–Crippen MR) is 116 cm³/mol. The third-order valence-electron chi connectivity index (χ3n) is 10.9. The Morgan fingerprint density at radius 1 is 1.19 bits per heavy atom. The Morgan fingerprint density at radius 3 is 2.56 bits per heavy atom. The summed E-state index contributed by atoms with van der Waals surface area (Å²) in [5, 5.41) is 0. The van der Waals surface area contributed by atoms with Gasteiger partial charge >= 0.3 is 11.9 Å². The largest absolute Gasteiger partial charge is 0.462 e. The minimum absolute atomic E-state index is 0.0643. The van der Waals surface area contributed by atoms with Gasteiger partial charge in [-0.1, -0.05) is 20.4 Å². The molecule has 1 heterocycles. The Balaban J connectivity index is 1.59. The van der Waals surface area contributed by atoms with Gasteiger partial charge in [0.15, 0.2) is 0 Å². The molecule has 0 aromatic heterocycles. The SMILES string of the molecule is C=C1[C@H]2C[C@@]3([C@@H]1OC(C)=O)[C@H]1C[C@H]4[C@@]5(C)CC[C@H](OC(C)=O)[C@@]4([C@H]1N(CC)C5)[C@H]3CC2=O. The van der Waals surface area contributed by atoms with Crippen LogP contribution in [-0.2, 0) is 23.9 Å². The number of hydrogen-bond donors (Lipinski definition) is 0. The minimum Gasteiger partial charge on any atom is -0.462 e. The maximum absolute atomic E-state index is 13.4. The Hall–Kier alpha value is -1.69. The van der Waals surface area contributed by atoms with Gasteiger partial charge in [0.05, 0.1) is 0 Å². The Labute approximate surface area is 190 Å². The number of ether oxygens (including phenoxy) is 2. The highest BCUT2D eigenvalue weighted by atomic mass is 16.5. The van der Waals surface area contributed by atoms with E-state index in [0.717, 1.165) is 44.3 Å². The van der Waals surface area contributed by atoms with Crippen LogP contribution in [0.15, 0.2) is 12.2 Å². The van der Waals surface area contributed by atoms with Crippen molar-refractivity contribution in [3.05, 3.63) is 12.2 Å².